The molecule has 4 aromatic rings. The van der Waals surface area contributed by atoms with Gasteiger partial charge in [-0.1, -0.05) is 78.3 Å². The van der Waals surface area contributed by atoms with Crippen molar-refractivity contribution in [1.82, 2.24) is 0 Å². The summed E-state index contributed by atoms with van der Waals surface area (Å²) in [5, 5.41) is 4.58. The van der Waals surface area contributed by atoms with Crippen LogP contribution in [0.15, 0.2) is 91.0 Å². The second-order valence-corrected chi connectivity index (χ2v) is 10.0. The maximum Gasteiger partial charge on any atom is 0.245 e. The standard InChI is InChI=1S/C26H21ClN2O4S/c1-34(32,33)29(24-13-7-11-18-8-5-6-12-21(18)24)17-25(30)28-23-15-14-20(27)16-22(23)26(31)19-9-3-2-4-10-19/h2-16H,17H2,1H3,(H,28,30). The number of sulfonamides is 1. The minimum Gasteiger partial charge on any atom is -0.324 e. The van der Waals surface area contributed by atoms with Crippen molar-refractivity contribution < 1.29 is 18.0 Å². The van der Waals surface area contributed by atoms with Crippen molar-refractivity contribution in [2.75, 3.05) is 22.4 Å². The van der Waals surface area contributed by atoms with Crippen molar-refractivity contribution in [2.45, 2.75) is 0 Å². The summed E-state index contributed by atoms with van der Waals surface area (Å²) in [5.41, 5.74) is 1.29. The number of hydrogen-bond donors (Lipinski definition) is 1. The highest BCUT2D eigenvalue weighted by atomic mass is 35.5. The summed E-state index contributed by atoms with van der Waals surface area (Å²) < 4.78 is 26.3. The molecule has 0 aromatic heterocycles. The summed E-state index contributed by atoms with van der Waals surface area (Å²) in [6.45, 7) is -0.464. The molecule has 4 rings (SSSR count). The molecule has 1 amide bonds. The third-order valence-corrected chi connectivity index (χ3v) is 6.62. The van der Waals surface area contributed by atoms with Gasteiger partial charge in [0, 0.05) is 21.5 Å². The van der Waals surface area contributed by atoms with Crippen molar-refractivity contribution in [3.05, 3.63) is 107 Å². The van der Waals surface area contributed by atoms with Gasteiger partial charge in [-0.3, -0.25) is 13.9 Å². The van der Waals surface area contributed by atoms with Crippen LogP contribution in [0.25, 0.3) is 10.8 Å². The van der Waals surface area contributed by atoms with E-state index in [-0.39, 0.29) is 17.0 Å². The highest BCUT2D eigenvalue weighted by Gasteiger charge is 2.24. The average Bonchev–Trinajstić information content (AvgIpc) is 2.83. The van der Waals surface area contributed by atoms with Crippen LogP contribution in [0.2, 0.25) is 5.02 Å². The first-order chi connectivity index (χ1) is 16.2. The molecule has 0 radical (unpaired) electrons. The molecule has 4 aromatic carbocycles. The van der Waals surface area contributed by atoms with E-state index in [4.69, 9.17) is 11.6 Å². The van der Waals surface area contributed by atoms with Gasteiger partial charge in [0.1, 0.15) is 6.54 Å². The molecule has 0 atom stereocenters. The minimum absolute atomic E-state index is 0.211. The Morgan fingerprint density at radius 1 is 0.882 bits per heavy atom. The molecule has 0 fully saturated rings. The monoisotopic (exact) mass is 492 g/mol. The third-order valence-electron chi connectivity index (χ3n) is 5.26. The van der Waals surface area contributed by atoms with E-state index >= 15 is 0 Å². The summed E-state index contributed by atoms with van der Waals surface area (Å²) in [5.74, 6) is -0.907. The molecule has 172 valence electrons. The molecular weight excluding hydrogens is 472 g/mol. The Labute approximate surface area is 202 Å². The Balaban J connectivity index is 1.66. The molecule has 0 aliphatic carbocycles. The van der Waals surface area contributed by atoms with Crippen molar-refractivity contribution in [3.63, 3.8) is 0 Å². The first-order valence-corrected chi connectivity index (χ1v) is 12.6. The van der Waals surface area contributed by atoms with Gasteiger partial charge in [0.2, 0.25) is 15.9 Å². The molecule has 0 saturated carbocycles. The molecule has 8 heteroatoms. The number of ketones is 1. The lowest BCUT2D eigenvalue weighted by Crippen LogP contribution is -2.37. The molecule has 34 heavy (non-hydrogen) atoms. The Morgan fingerprint density at radius 2 is 1.56 bits per heavy atom. The van der Waals surface area contributed by atoms with Crippen LogP contribution < -0.4 is 9.62 Å². The van der Waals surface area contributed by atoms with E-state index < -0.39 is 22.5 Å². The van der Waals surface area contributed by atoms with E-state index in [2.05, 4.69) is 5.32 Å². The van der Waals surface area contributed by atoms with Crippen LogP contribution in [0.5, 0.6) is 0 Å². The molecular formula is C26H21ClN2O4S. The maximum atomic E-state index is 13.0. The maximum absolute atomic E-state index is 13.0. The van der Waals surface area contributed by atoms with Crippen LogP contribution in [-0.2, 0) is 14.8 Å². The van der Waals surface area contributed by atoms with Gasteiger partial charge in [-0.05, 0) is 29.7 Å². The van der Waals surface area contributed by atoms with Crippen molar-refractivity contribution >= 4 is 55.5 Å². The number of nitrogens with one attached hydrogen (secondary N) is 1. The van der Waals surface area contributed by atoms with E-state index in [0.717, 1.165) is 15.9 Å². The summed E-state index contributed by atoms with van der Waals surface area (Å²) in [4.78, 5) is 26.0. The van der Waals surface area contributed by atoms with Gasteiger partial charge >= 0.3 is 0 Å². The van der Waals surface area contributed by atoms with Crippen LogP contribution in [0.4, 0.5) is 11.4 Å². The number of carbonyl (C=O) groups is 2. The number of halogens is 1. The van der Waals surface area contributed by atoms with E-state index in [1.807, 2.05) is 24.3 Å². The first kappa shape index (κ1) is 23.5. The molecule has 6 nitrogen and oxygen atoms in total. The lowest BCUT2D eigenvalue weighted by molar-refractivity contribution is -0.114. The lowest BCUT2D eigenvalue weighted by atomic mass is 10.0. The zero-order valence-corrected chi connectivity index (χ0v) is 19.8. The van der Waals surface area contributed by atoms with Gasteiger partial charge < -0.3 is 5.32 Å². The predicted molar refractivity (Wildman–Crippen MR) is 136 cm³/mol. The van der Waals surface area contributed by atoms with Gasteiger partial charge in [0.25, 0.3) is 0 Å². The smallest absolute Gasteiger partial charge is 0.245 e. The fraction of sp³-hybridized carbons (Fsp3) is 0.0769. The van der Waals surface area contributed by atoms with Crippen LogP contribution in [0, 0.1) is 0 Å². The van der Waals surface area contributed by atoms with Crippen LogP contribution >= 0.6 is 11.6 Å². The molecule has 0 heterocycles. The number of nitrogens with zero attached hydrogens (tertiary/aromatic N) is 1. The van der Waals surface area contributed by atoms with E-state index in [9.17, 15) is 18.0 Å². The average molecular weight is 493 g/mol. The topological polar surface area (TPSA) is 83.6 Å². The minimum atomic E-state index is -3.79. The molecule has 0 unspecified atom stereocenters. The number of hydrogen-bond acceptors (Lipinski definition) is 4. The summed E-state index contributed by atoms with van der Waals surface area (Å²) in [6.07, 6.45) is 1.05. The van der Waals surface area contributed by atoms with Crippen LogP contribution in [0.1, 0.15) is 15.9 Å². The zero-order valence-electron chi connectivity index (χ0n) is 18.2. The van der Waals surface area contributed by atoms with Crippen molar-refractivity contribution in [2.24, 2.45) is 0 Å². The highest BCUT2D eigenvalue weighted by molar-refractivity contribution is 7.92. The Bertz CT molecular complexity index is 1480. The number of fused-ring (bicyclic) bond motifs is 1. The van der Waals surface area contributed by atoms with Gasteiger partial charge in [-0.2, -0.15) is 0 Å². The second-order valence-electron chi connectivity index (χ2n) is 7.70. The summed E-state index contributed by atoms with van der Waals surface area (Å²) in [7, 11) is -3.79. The normalized spacial score (nSPS) is 11.2. The van der Waals surface area contributed by atoms with Crippen LogP contribution in [-0.4, -0.2) is 32.9 Å². The van der Waals surface area contributed by atoms with E-state index in [1.165, 1.54) is 12.1 Å². The number of benzene rings is 4. The zero-order chi connectivity index (χ0) is 24.3. The Morgan fingerprint density at radius 3 is 2.29 bits per heavy atom. The van der Waals surface area contributed by atoms with E-state index in [1.54, 1.807) is 54.6 Å². The van der Waals surface area contributed by atoms with Crippen molar-refractivity contribution in [3.8, 4) is 0 Å². The number of carbonyl (C=O) groups excluding carboxylic acids is 2. The highest BCUT2D eigenvalue weighted by Crippen LogP contribution is 2.29. The molecule has 0 spiro atoms. The Hall–Kier alpha value is -3.68. The Kier molecular flexibility index (Phi) is 6.68. The fourth-order valence-electron chi connectivity index (χ4n) is 3.69. The summed E-state index contributed by atoms with van der Waals surface area (Å²) in [6, 6.07) is 25.8. The van der Waals surface area contributed by atoms with Gasteiger partial charge in [-0.15, -0.1) is 0 Å². The number of anilines is 2. The second kappa shape index (κ2) is 9.67. The van der Waals surface area contributed by atoms with Crippen LogP contribution in [0.3, 0.4) is 0 Å². The summed E-state index contributed by atoms with van der Waals surface area (Å²) >= 11 is 6.11. The van der Waals surface area contributed by atoms with E-state index in [0.29, 0.717) is 21.7 Å². The fourth-order valence-corrected chi connectivity index (χ4v) is 4.73. The van der Waals surface area contributed by atoms with Gasteiger partial charge in [0.15, 0.2) is 5.78 Å². The van der Waals surface area contributed by atoms with Gasteiger partial charge in [0.05, 0.1) is 17.6 Å². The molecule has 1 N–H and O–H groups in total. The van der Waals surface area contributed by atoms with Crippen molar-refractivity contribution in [1.29, 1.82) is 0 Å². The number of amides is 1. The predicted octanol–water partition coefficient (Wildman–Crippen LogP) is 5.13. The molecule has 0 bridgehead atoms. The third kappa shape index (κ3) is 5.11. The molecule has 0 aliphatic rings. The molecule has 0 aliphatic heterocycles. The van der Waals surface area contributed by atoms with Gasteiger partial charge in [-0.25, -0.2) is 8.42 Å². The molecule has 0 saturated heterocycles. The first-order valence-electron chi connectivity index (χ1n) is 10.4. The SMILES string of the molecule is CS(=O)(=O)N(CC(=O)Nc1ccc(Cl)cc1C(=O)c1ccccc1)c1cccc2ccccc12. The lowest BCUT2D eigenvalue weighted by Gasteiger charge is -2.23. The largest absolute Gasteiger partial charge is 0.324 e. The number of rotatable bonds is 7. The quantitative estimate of drug-likeness (QED) is 0.362.